The molecule has 3 nitrogen and oxygen atoms in total. The average molecular weight is 455 g/mol. The number of rotatable bonds is 2. The normalized spacial score (nSPS) is 23.7. The van der Waals surface area contributed by atoms with Crippen molar-refractivity contribution >= 4 is 11.5 Å². The molecule has 0 saturated heterocycles. The second-order valence-electron chi connectivity index (χ2n) is 8.26. The van der Waals surface area contributed by atoms with Gasteiger partial charge >= 0.3 is 6.18 Å². The molecule has 2 aromatic carbocycles. The van der Waals surface area contributed by atoms with Gasteiger partial charge < -0.3 is 10.4 Å². The van der Waals surface area contributed by atoms with Crippen LogP contribution in [0.1, 0.15) is 36.8 Å². The van der Waals surface area contributed by atoms with Crippen LogP contribution in [0.4, 0.5) is 26.3 Å². The van der Waals surface area contributed by atoms with Gasteiger partial charge in [0, 0.05) is 5.56 Å². The van der Waals surface area contributed by atoms with Crippen molar-refractivity contribution in [1.82, 2.24) is 5.32 Å². The van der Waals surface area contributed by atoms with E-state index in [2.05, 4.69) is 5.32 Å². The largest absolute Gasteiger partial charge is 0.509 e. The lowest BCUT2D eigenvalue weighted by Gasteiger charge is -2.37. The van der Waals surface area contributed by atoms with E-state index < -0.39 is 69.0 Å². The highest BCUT2D eigenvalue weighted by atomic mass is 19.4. The molecule has 1 amide bonds. The van der Waals surface area contributed by atoms with Crippen molar-refractivity contribution in [3.8, 4) is 11.1 Å². The Bertz CT molecular complexity index is 1120. The Balaban J connectivity index is 1.85. The Hall–Kier alpha value is -2.97. The highest BCUT2D eigenvalue weighted by Crippen LogP contribution is 2.48. The summed E-state index contributed by atoms with van der Waals surface area (Å²) in [7, 11) is 0. The quantitative estimate of drug-likeness (QED) is 0.433. The van der Waals surface area contributed by atoms with E-state index in [-0.39, 0.29) is 31.2 Å². The fraction of sp³-hybridized carbons (Fsp3) is 0.348. The second kappa shape index (κ2) is 7.56. The van der Waals surface area contributed by atoms with Gasteiger partial charge in [0.25, 0.3) is 5.91 Å². The molecule has 1 aliphatic carbocycles. The molecule has 32 heavy (non-hydrogen) atoms. The molecule has 0 bridgehead atoms. The number of amides is 1. The molecule has 0 unspecified atom stereocenters. The van der Waals surface area contributed by atoms with E-state index in [4.69, 9.17) is 0 Å². The highest BCUT2D eigenvalue weighted by molar-refractivity contribution is 6.23. The second-order valence-corrected chi connectivity index (χ2v) is 8.26. The van der Waals surface area contributed by atoms with Gasteiger partial charge in [0.1, 0.15) is 11.6 Å². The van der Waals surface area contributed by atoms with Crippen LogP contribution >= 0.6 is 0 Å². The highest BCUT2D eigenvalue weighted by Gasteiger charge is 2.52. The first-order valence-corrected chi connectivity index (χ1v) is 10.0. The molecular formula is C23H19F6NO2. The van der Waals surface area contributed by atoms with Crippen LogP contribution in [0.25, 0.3) is 16.7 Å². The molecule has 170 valence electrons. The van der Waals surface area contributed by atoms with Crippen LogP contribution in [0, 0.1) is 30.3 Å². The maximum Gasteiger partial charge on any atom is 0.391 e. The molecule has 0 aromatic heterocycles. The molecule has 0 atom stereocenters. The van der Waals surface area contributed by atoms with Gasteiger partial charge in [-0.1, -0.05) is 30.3 Å². The number of nitrogens with one attached hydrogen (secondary N) is 1. The van der Waals surface area contributed by atoms with Crippen molar-refractivity contribution in [1.29, 1.82) is 0 Å². The molecule has 1 spiro atoms. The Labute approximate surface area is 179 Å². The zero-order chi connectivity index (χ0) is 23.4. The topological polar surface area (TPSA) is 49.3 Å². The molecule has 4 rings (SSSR count). The fourth-order valence-electron chi connectivity index (χ4n) is 4.64. The van der Waals surface area contributed by atoms with Gasteiger partial charge in [-0.15, -0.1) is 0 Å². The van der Waals surface area contributed by atoms with E-state index in [0.717, 1.165) is 6.92 Å². The first-order chi connectivity index (χ1) is 15.0. The maximum absolute atomic E-state index is 15.6. The number of hydrogen-bond donors (Lipinski definition) is 2. The zero-order valence-corrected chi connectivity index (χ0v) is 16.9. The van der Waals surface area contributed by atoms with Crippen molar-refractivity contribution in [3.05, 3.63) is 64.7 Å². The third-order valence-electron chi connectivity index (χ3n) is 6.44. The lowest BCUT2D eigenvalue weighted by Crippen LogP contribution is -2.48. The van der Waals surface area contributed by atoms with E-state index in [1.165, 1.54) is 24.3 Å². The molecule has 0 radical (unpaired) electrons. The summed E-state index contributed by atoms with van der Waals surface area (Å²) in [5.74, 6) is -7.21. The Kier molecular flexibility index (Phi) is 5.26. The van der Waals surface area contributed by atoms with E-state index >= 15 is 4.39 Å². The molecule has 1 fully saturated rings. The van der Waals surface area contributed by atoms with E-state index in [9.17, 15) is 31.9 Å². The predicted molar refractivity (Wildman–Crippen MR) is 105 cm³/mol. The lowest BCUT2D eigenvalue weighted by molar-refractivity contribution is -0.184. The number of benzene rings is 2. The molecule has 1 aliphatic heterocycles. The molecule has 9 heteroatoms. The fourth-order valence-corrected chi connectivity index (χ4v) is 4.64. The van der Waals surface area contributed by atoms with Gasteiger partial charge in [-0.05, 0) is 43.7 Å². The van der Waals surface area contributed by atoms with Crippen molar-refractivity contribution in [2.24, 2.45) is 5.92 Å². The van der Waals surface area contributed by atoms with Gasteiger partial charge in [0.2, 0.25) is 0 Å². The van der Waals surface area contributed by atoms with Crippen LogP contribution in [-0.2, 0) is 4.79 Å². The van der Waals surface area contributed by atoms with Crippen LogP contribution in [0.15, 0.2) is 36.1 Å². The van der Waals surface area contributed by atoms with Gasteiger partial charge in [0.05, 0.1) is 22.6 Å². The predicted octanol–water partition coefficient (Wildman–Crippen LogP) is 5.97. The van der Waals surface area contributed by atoms with Crippen molar-refractivity contribution < 1.29 is 36.2 Å². The molecule has 1 heterocycles. The third-order valence-corrected chi connectivity index (χ3v) is 6.44. The molecule has 2 aliphatic rings. The van der Waals surface area contributed by atoms with Crippen LogP contribution in [0.5, 0.6) is 0 Å². The lowest BCUT2D eigenvalue weighted by atomic mass is 9.75. The van der Waals surface area contributed by atoms with Gasteiger partial charge in [-0.25, -0.2) is 13.2 Å². The van der Waals surface area contributed by atoms with Gasteiger partial charge in [0.15, 0.2) is 11.6 Å². The van der Waals surface area contributed by atoms with Crippen LogP contribution < -0.4 is 5.32 Å². The first kappa shape index (κ1) is 22.2. The van der Waals surface area contributed by atoms with Crippen LogP contribution in [0.3, 0.4) is 0 Å². The number of hydrogen-bond acceptors (Lipinski definition) is 2. The SMILES string of the molecule is Cc1c(F)c(F)c(-c2ccccc2)c(F)c1C1=C(O)C2(CCC(C(F)(F)F)CC2)NC1=O. The average Bonchev–Trinajstić information content (AvgIpc) is 2.97. The maximum atomic E-state index is 15.6. The summed E-state index contributed by atoms with van der Waals surface area (Å²) in [6.07, 6.45) is -5.51. The number of aliphatic hydroxyl groups is 1. The van der Waals surface area contributed by atoms with E-state index in [0.29, 0.717) is 0 Å². The summed E-state index contributed by atoms with van der Waals surface area (Å²) in [6, 6.07) is 7.33. The van der Waals surface area contributed by atoms with E-state index in [1.807, 2.05) is 0 Å². The number of aliphatic hydroxyl groups excluding tert-OH is 1. The minimum Gasteiger partial charge on any atom is -0.509 e. The number of halogens is 6. The van der Waals surface area contributed by atoms with Crippen LogP contribution in [0.2, 0.25) is 0 Å². The van der Waals surface area contributed by atoms with E-state index in [1.54, 1.807) is 6.07 Å². The first-order valence-electron chi connectivity index (χ1n) is 10.0. The summed E-state index contributed by atoms with van der Waals surface area (Å²) in [4.78, 5) is 12.8. The summed E-state index contributed by atoms with van der Waals surface area (Å²) < 4.78 is 84.1. The molecular weight excluding hydrogens is 436 g/mol. The van der Waals surface area contributed by atoms with Gasteiger partial charge in [-0.2, -0.15) is 13.2 Å². The standard InChI is InChI=1S/C23H19F6NO2/c1-11-14(18(25)15(19(26)17(11)24)12-5-3-2-4-6-12)16-20(31)22(30-21(16)32)9-7-13(8-10-22)23(27,28)29/h2-6,13,31H,7-10H2,1H3,(H,30,32). The number of carbonyl (C=O) groups is 1. The molecule has 2 N–H and O–H groups in total. The monoisotopic (exact) mass is 455 g/mol. The Morgan fingerprint density at radius 3 is 2.12 bits per heavy atom. The summed E-state index contributed by atoms with van der Waals surface area (Å²) >= 11 is 0. The summed E-state index contributed by atoms with van der Waals surface area (Å²) in [5, 5.41) is 13.4. The van der Waals surface area contributed by atoms with Crippen molar-refractivity contribution in [2.75, 3.05) is 0 Å². The third kappa shape index (κ3) is 3.34. The summed E-state index contributed by atoms with van der Waals surface area (Å²) in [5.41, 5.74) is -3.86. The number of carbonyl (C=O) groups excluding carboxylic acids is 1. The zero-order valence-electron chi connectivity index (χ0n) is 16.9. The molecule has 1 saturated carbocycles. The smallest absolute Gasteiger partial charge is 0.391 e. The van der Waals surface area contributed by atoms with Crippen molar-refractivity contribution in [3.63, 3.8) is 0 Å². The Morgan fingerprint density at radius 2 is 1.56 bits per heavy atom. The minimum atomic E-state index is -4.40. The van der Waals surface area contributed by atoms with Crippen molar-refractivity contribution in [2.45, 2.75) is 44.3 Å². The summed E-state index contributed by atoms with van der Waals surface area (Å²) in [6.45, 7) is 1.07. The Morgan fingerprint density at radius 1 is 0.969 bits per heavy atom. The van der Waals surface area contributed by atoms with Crippen LogP contribution in [-0.4, -0.2) is 22.7 Å². The minimum absolute atomic E-state index is 0.0292. The molecule has 2 aromatic rings. The number of alkyl halides is 3. The van der Waals surface area contributed by atoms with Gasteiger partial charge in [-0.3, -0.25) is 4.79 Å².